The Morgan fingerprint density at radius 3 is 2.81 bits per heavy atom. The number of likely N-dealkylation sites (tertiary alicyclic amines) is 1. The molecule has 0 aliphatic carbocycles. The number of hydrogen-bond acceptors (Lipinski definition) is 3. The third kappa shape index (κ3) is 3.65. The number of carbonyl (C=O) groups excluding carboxylic acids is 1. The number of fused-ring (bicyclic) bond motifs is 1. The molecule has 0 saturated carbocycles. The molecule has 2 aliphatic rings. The van der Waals surface area contributed by atoms with Crippen LogP contribution >= 0.6 is 11.6 Å². The van der Waals surface area contributed by atoms with Gasteiger partial charge in [0.2, 0.25) is 5.91 Å². The molecule has 2 aliphatic heterocycles. The first-order chi connectivity index (χ1) is 13.1. The van der Waals surface area contributed by atoms with Crippen LogP contribution in [-0.2, 0) is 4.79 Å². The van der Waals surface area contributed by atoms with E-state index in [2.05, 4.69) is 0 Å². The van der Waals surface area contributed by atoms with Crippen LogP contribution in [0, 0.1) is 5.82 Å². The van der Waals surface area contributed by atoms with Crippen molar-refractivity contribution in [2.24, 2.45) is 0 Å². The number of hydrogen-bond donors (Lipinski definition) is 0. The van der Waals surface area contributed by atoms with Gasteiger partial charge in [-0.05, 0) is 48.7 Å². The summed E-state index contributed by atoms with van der Waals surface area (Å²) in [6, 6.07) is 10.2. The Hall–Kier alpha value is -2.53. The molecule has 2 aromatic carbocycles. The first-order valence-corrected chi connectivity index (χ1v) is 9.33. The maximum atomic E-state index is 13.9. The second kappa shape index (κ2) is 7.61. The van der Waals surface area contributed by atoms with Gasteiger partial charge in [-0.3, -0.25) is 4.79 Å². The number of carbonyl (C=O) groups is 1. The fourth-order valence-electron chi connectivity index (χ4n) is 3.56. The first-order valence-electron chi connectivity index (χ1n) is 8.96. The fourth-order valence-corrected chi connectivity index (χ4v) is 3.79. The van der Waals surface area contributed by atoms with E-state index in [1.807, 2.05) is 18.2 Å². The van der Waals surface area contributed by atoms with Gasteiger partial charge in [-0.25, -0.2) is 4.39 Å². The zero-order valence-corrected chi connectivity index (χ0v) is 15.4. The lowest BCUT2D eigenvalue weighted by atomic mass is 10.0. The number of amides is 1. The van der Waals surface area contributed by atoms with Gasteiger partial charge < -0.3 is 14.4 Å². The van der Waals surface area contributed by atoms with Gasteiger partial charge in [0.25, 0.3) is 0 Å². The number of benzene rings is 2. The average molecular weight is 388 g/mol. The normalized spacial score (nSPS) is 18.9. The van der Waals surface area contributed by atoms with Crippen molar-refractivity contribution >= 4 is 23.6 Å². The van der Waals surface area contributed by atoms with E-state index in [0.29, 0.717) is 25.5 Å². The minimum absolute atomic E-state index is 0.0333. The molecule has 1 fully saturated rings. The van der Waals surface area contributed by atoms with Gasteiger partial charge in [-0.1, -0.05) is 23.7 Å². The van der Waals surface area contributed by atoms with Gasteiger partial charge in [0.05, 0.1) is 11.1 Å². The van der Waals surface area contributed by atoms with E-state index in [1.54, 1.807) is 11.0 Å². The summed E-state index contributed by atoms with van der Waals surface area (Å²) in [6.07, 6.45) is 4.62. The van der Waals surface area contributed by atoms with E-state index in [4.69, 9.17) is 21.1 Å². The molecular formula is C21H19ClFNO3. The summed E-state index contributed by atoms with van der Waals surface area (Å²) in [5, 5.41) is 0.281. The molecule has 0 aromatic heterocycles. The molecule has 4 rings (SSSR count). The summed E-state index contributed by atoms with van der Waals surface area (Å²) in [6.45, 7) is 1.73. The van der Waals surface area contributed by atoms with E-state index in [9.17, 15) is 9.18 Å². The molecule has 2 heterocycles. The summed E-state index contributed by atoms with van der Waals surface area (Å²) in [4.78, 5) is 14.5. The molecule has 140 valence electrons. The monoisotopic (exact) mass is 387 g/mol. The molecular weight excluding hydrogens is 369 g/mol. The van der Waals surface area contributed by atoms with Crippen LogP contribution in [0.5, 0.6) is 11.5 Å². The van der Waals surface area contributed by atoms with E-state index in [0.717, 1.165) is 24.2 Å². The summed E-state index contributed by atoms with van der Waals surface area (Å²) in [5.41, 5.74) is 1.24. The Labute approximate surface area is 162 Å². The zero-order chi connectivity index (χ0) is 18.8. The molecule has 1 atom stereocenters. The summed E-state index contributed by atoms with van der Waals surface area (Å²) < 4.78 is 25.1. The number of halogens is 2. The molecule has 1 saturated heterocycles. The van der Waals surface area contributed by atoms with Gasteiger partial charge in [-0.2, -0.15) is 0 Å². The van der Waals surface area contributed by atoms with Crippen LogP contribution in [0.2, 0.25) is 5.02 Å². The van der Waals surface area contributed by atoms with Crippen LogP contribution in [0.3, 0.4) is 0 Å². The largest absolute Gasteiger partial charge is 0.486 e. The van der Waals surface area contributed by atoms with Crippen molar-refractivity contribution in [1.82, 2.24) is 4.90 Å². The molecule has 1 unspecified atom stereocenters. The molecule has 0 N–H and O–H groups in total. The topological polar surface area (TPSA) is 38.8 Å². The van der Waals surface area contributed by atoms with Crippen LogP contribution in [-0.4, -0.2) is 30.6 Å². The first kappa shape index (κ1) is 17.9. The quantitative estimate of drug-likeness (QED) is 0.721. The third-order valence-corrected chi connectivity index (χ3v) is 5.21. The van der Waals surface area contributed by atoms with Crippen molar-refractivity contribution in [3.8, 4) is 11.5 Å². The van der Waals surface area contributed by atoms with Crippen LogP contribution in [0.1, 0.15) is 30.0 Å². The van der Waals surface area contributed by atoms with Gasteiger partial charge in [-0.15, -0.1) is 0 Å². The number of rotatable bonds is 3. The SMILES string of the molecule is O=C(C=Cc1c(F)cccc1Cl)N1CCCC1c1ccc2c(c1)OCCO2. The minimum atomic E-state index is -0.448. The predicted molar refractivity (Wildman–Crippen MR) is 102 cm³/mol. The number of ether oxygens (including phenoxy) is 2. The minimum Gasteiger partial charge on any atom is -0.486 e. The van der Waals surface area contributed by atoms with Crippen molar-refractivity contribution in [1.29, 1.82) is 0 Å². The van der Waals surface area contributed by atoms with Crippen molar-refractivity contribution in [2.75, 3.05) is 19.8 Å². The number of nitrogens with zero attached hydrogens (tertiary/aromatic N) is 1. The predicted octanol–water partition coefficient (Wildman–Crippen LogP) is 4.63. The molecule has 1 amide bonds. The molecule has 0 spiro atoms. The maximum Gasteiger partial charge on any atom is 0.247 e. The summed E-state index contributed by atoms with van der Waals surface area (Å²) in [5.74, 6) is 0.838. The van der Waals surface area contributed by atoms with Gasteiger partial charge in [0.15, 0.2) is 11.5 Å². The molecule has 0 radical (unpaired) electrons. The molecule has 0 bridgehead atoms. The lowest BCUT2D eigenvalue weighted by Crippen LogP contribution is -2.29. The second-order valence-electron chi connectivity index (χ2n) is 6.56. The molecule has 2 aromatic rings. The van der Waals surface area contributed by atoms with Crippen LogP contribution in [0.25, 0.3) is 6.08 Å². The molecule has 6 heteroatoms. The fraction of sp³-hybridized carbons (Fsp3) is 0.286. The van der Waals surface area contributed by atoms with E-state index in [-0.39, 0.29) is 22.5 Å². The lowest BCUT2D eigenvalue weighted by molar-refractivity contribution is -0.126. The standard InChI is InChI=1S/C21H19ClFNO3/c22-16-3-1-4-17(23)15(16)7-9-21(25)24-10-2-5-18(24)14-6-8-19-20(13-14)27-12-11-26-19/h1,3-4,6-9,13,18H,2,5,10-12H2. The Balaban J connectivity index is 1.54. The summed E-state index contributed by atoms with van der Waals surface area (Å²) >= 11 is 6.02. The van der Waals surface area contributed by atoms with E-state index >= 15 is 0 Å². The second-order valence-corrected chi connectivity index (χ2v) is 6.97. The van der Waals surface area contributed by atoms with Crippen molar-refractivity contribution in [2.45, 2.75) is 18.9 Å². The van der Waals surface area contributed by atoms with Crippen LogP contribution in [0.15, 0.2) is 42.5 Å². The molecule has 4 nitrogen and oxygen atoms in total. The highest BCUT2D eigenvalue weighted by molar-refractivity contribution is 6.32. The summed E-state index contributed by atoms with van der Waals surface area (Å²) in [7, 11) is 0. The van der Waals surface area contributed by atoms with E-state index < -0.39 is 5.82 Å². The van der Waals surface area contributed by atoms with Crippen LogP contribution in [0.4, 0.5) is 4.39 Å². The highest BCUT2D eigenvalue weighted by Crippen LogP contribution is 2.38. The van der Waals surface area contributed by atoms with Gasteiger partial charge in [0, 0.05) is 18.2 Å². The third-order valence-electron chi connectivity index (χ3n) is 4.88. The van der Waals surface area contributed by atoms with Crippen molar-refractivity contribution in [3.05, 3.63) is 64.4 Å². The Morgan fingerprint density at radius 1 is 1.19 bits per heavy atom. The van der Waals surface area contributed by atoms with Crippen LogP contribution < -0.4 is 9.47 Å². The Kier molecular flexibility index (Phi) is 5.03. The highest BCUT2D eigenvalue weighted by atomic mass is 35.5. The Bertz CT molecular complexity index is 879. The smallest absolute Gasteiger partial charge is 0.247 e. The van der Waals surface area contributed by atoms with E-state index in [1.165, 1.54) is 24.3 Å². The lowest BCUT2D eigenvalue weighted by Gasteiger charge is -2.26. The maximum absolute atomic E-state index is 13.9. The highest BCUT2D eigenvalue weighted by Gasteiger charge is 2.29. The zero-order valence-electron chi connectivity index (χ0n) is 14.7. The van der Waals surface area contributed by atoms with Gasteiger partial charge in [0.1, 0.15) is 19.0 Å². The average Bonchev–Trinajstić information content (AvgIpc) is 3.17. The Morgan fingerprint density at radius 2 is 2.00 bits per heavy atom. The molecule has 27 heavy (non-hydrogen) atoms. The van der Waals surface area contributed by atoms with Crippen molar-refractivity contribution < 1.29 is 18.7 Å². The van der Waals surface area contributed by atoms with Crippen molar-refractivity contribution in [3.63, 3.8) is 0 Å². The van der Waals surface area contributed by atoms with Gasteiger partial charge >= 0.3 is 0 Å².